The van der Waals surface area contributed by atoms with E-state index >= 15 is 0 Å². The van der Waals surface area contributed by atoms with Gasteiger partial charge in [-0.15, -0.1) is 22.1 Å². The normalized spacial score (nSPS) is 12.7. The van der Waals surface area contributed by atoms with Crippen LogP contribution >= 0.6 is 0 Å². The third kappa shape index (κ3) is 6.07. The van der Waals surface area contributed by atoms with E-state index in [-0.39, 0.29) is 41.9 Å². The fourth-order valence-corrected chi connectivity index (χ4v) is 5.71. The van der Waals surface area contributed by atoms with Crippen LogP contribution in [0.5, 0.6) is 0 Å². The number of carbonyl (C=O) groups excluding carboxylic acids is 1. The van der Waals surface area contributed by atoms with E-state index in [0.717, 1.165) is 72.5 Å². The van der Waals surface area contributed by atoms with Gasteiger partial charge in [0, 0.05) is 18.4 Å². The maximum absolute atomic E-state index is 12.1. The van der Waals surface area contributed by atoms with Crippen molar-refractivity contribution in [2.75, 3.05) is 7.11 Å². The Morgan fingerprint density at radius 3 is 2.05 bits per heavy atom. The van der Waals surface area contributed by atoms with Crippen LogP contribution in [0.1, 0.15) is 78.1 Å². The first kappa shape index (κ1) is 32.7. The number of rotatable bonds is 8. The van der Waals surface area contributed by atoms with Crippen molar-refractivity contribution in [1.29, 1.82) is 0 Å². The standard InChI is InChI=1S/C35H35N4O4.Mg/c1-8-22-18(3)26-14-27-20(5)24(10-12-34(40)41)32(38-27)17-33-25(11-13-35(42)43-7)21(6)29(39-33)16-31-23(9-2)19(4)28(37-31)15-30(22)36-26;/h8-9,14-17H,1-2,10-13H2,3-7H3,(H2-,36,37,38,39,40,41);/q-1;+2/p-1. The van der Waals surface area contributed by atoms with Crippen molar-refractivity contribution < 1.29 is 19.4 Å². The van der Waals surface area contributed by atoms with Crippen LogP contribution in [-0.4, -0.2) is 57.2 Å². The second kappa shape index (κ2) is 13.2. The number of carbonyl (C=O) groups is 2. The Balaban J connectivity index is 0.00000442. The van der Waals surface area contributed by atoms with Gasteiger partial charge in [-0.25, -0.2) is 9.97 Å². The van der Waals surface area contributed by atoms with Crippen LogP contribution in [0.25, 0.3) is 50.4 Å². The molecule has 5 rings (SSSR count). The van der Waals surface area contributed by atoms with Crippen molar-refractivity contribution >= 4 is 85.4 Å². The molecule has 3 aromatic rings. The molecule has 44 heavy (non-hydrogen) atoms. The van der Waals surface area contributed by atoms with Gasteiger partial charge in [-0.3, -0.25) is 9.59 Å². The van der Waals surface area contributed by atoms with Crippen LogP contribution in [0.3, 0.4) is 0 Å². The van der Waals surface area contributed by atoms with Crippen LogP contribution < -0.4 is 9.97 Å². The first-order valence-corrected chi connectivity index (χ1v) is 14.2. The molecule has 2 aliphatic heterocycles. The summed E-state index contributed by atoms with van der Waals surface area (Å²) in [5, 5.41) is 9.47. The quantitative estimate of drug-likeness (QED) is 0.232. The number of ether oxygens (including phenoxy) is 1. The number of nitrogens with zero attached hydrogens (tertiary/aromatic N) is 4. The van der Waals surface area contributed by atoms with Crippen LogP contribution in [0.15, 0.2) is 43.5 Å². The molecule has 9 heteroatoms. The molecule has 0 fully saturated rings. The van der Waals surface area contributed by atoms with E-state index in [1.165, 1.54) is 7.11 Å². The van der Waals surface area contributed by atoms with Gasteiger partial charge in [-0.05, 0) is 62.8 Å². The summed E-state index contributed by atoms with van der Waals surface area (Å²) in [6, 6.07) is 7.75. The predicted octanol–water partition coefficient (Wildman–Crippen LogP) is 6.47. The number of carboxylic acids is 1. The Morgan fingerprint density at radius 2 is 1.39 bits per heavy atom. The first-order valence-electron chi connectivity index (χ1n) is 14.2. The van der Waals surface area contributed by atoms with Gasteiger partial charge in [-0.2, -0.15) is 0 Å². The molecule has 0 saturated carbocycles. The number of aromatic nitrogens is 4. The van der Waals surface area contributed by atoms with Crippen molar-refractivity contribution in [3.05, 3.63) is 88.5 Å². The number of esters is 1. The summed E-state index contributed by atoms with van der Waals surface area (Å²) in [5.41, 5.74) is 13.1. The van der Waals surface area contributed by atoms with E-state index in [1.54, 1.807) is 12.2 Å². The molecular formula is C35H34MgN4O4. The summed E-state index contributed by atoms with van der Waals surface area (Å²) >= 11 is 0. The number of carboxylic acid groups (broad SMARTS) is 1. The van der Waals surface area contributed by atoms with Gasteiger partial charge in [0.05, 0.1) is 29.9 Å². The largest absolute Gasteiger partial charge is 2.00 e. The Kier molecular flexibility index (Phi) is 9.80. The van der Waals surface area contributed by atoms with Gasteiger partial charge in [0.1, 0.15) is 0 Å². The number of methoxy groups -OCH3 is 1. The predicted molar refractivity (Wildman–Crippen MR) is 177 cm³/mol. The van der Waals surface area contributed by atoms with E-state index in [0.29, 0.717) is 29.7 Å². The van der Waals surface area contributed by atoms with Gasteiger partial charge >= 0.3 is 35.0 Å². The Labute approximate surface area is 272 Å². The molecule has 0 unspecified atom stereocenters. The van der Waals surface area contributed by atoms with Crippen molar-refractivity contribution in [2.45, 2.75) is 53.4 Å². The molecule has 0 amide bonds. The van der Waals surface area contributed by atoms with E-state index in [9.17, 15) is 14.7 Å². The molecule has 0 atom stereocenters. The van der Waals surface area contributed by atoms with E-state index in [4.69, 9.17) is 24.7 Å². The van der Waals surface area contributed by atoms with Gasteiger partial charge < -0.3 is 19.8 Å². The van der Waals surface area contributed by atoms with E-state index in [2.05, 4.69) is 13.2 Å². The van der Waals surface area contributed by atoms with Gasteiger partial charge in [0.25, 0.3) is 0 Å². The zero-order valence-corrected chi connectivity index (χ0v) is 27.3. The molecular weight excluding hydrogens is 565 g/mol. The Morgan fingerprint density at radius 1 is 0.795 bits per heavy atom. The van der Waals surface area contributed by atoms with Crippen molar-refractivity contribution in [2.24, 2.45) is 0 Å². The molecule has 0 aromatic carbocycles. The molecule has 1 N–H and O–H groups in total. The number of aliphatic carboxylic acids is 1. The van der Waals surface area contributed by atoms with E-state index in [1.807, 2.05) is 52.0 Å². The summed E-state index contributed by atoms with van der Waals surface area (Å²) in [6.45, 7) is 16.0. The fourth-order valence-electron chi connectivity index (χ4n) is 5.71. The molecule has 3 aromatic heterocycles. The maximum Gasteiger partial charge on any atom is 2.00 e. The van der Waals surface area contributed by atoms with Gasteiger partial charge in [-0.1, -0.05) is 66.3 Å². The number of hydrogen-bond acceptors (Lipinski definition) is 5. The molecule has 0 aliphatic carbocycles. The minimum atomic E-state index is -0.882. The monoisotopic (exact) mass is 598 g/mol. The number of fused-ring (bicyclic) bond motifs is 8. The van der Waals surface area contributed by atoms with Crippen LogP contribution in [0.2, 0.25) is 0 Å². The maximum atomic E-state index is 12.1. The third-order valence-electron chi connectivity index (χ3n) is 8.28. The summed E-state index contributed by atoms with van der Waals surface area (Å²) in [4.78, 5) is 43.5. The molecule has 0 spiro atoms. The van der Waals surface area contributed by atoms with Crippen molar-refractivity contribution in [1.82, 2.24) is 19.9 Å². The molecule has 0 saturated heterocycles. The summed E-state index contributed by atoms with van der Waals surface area (Å²) < 4.78 is 4.91. The SMILES string of the molecule is C=CC1=C(C)c2cc3[n-]c(cc4nc(cc5[n-]c(cc1n2)c(C)c5CCC(=O)OC)C(CCC(=O)O)=C4C)c(C)c3C=C.[Mg+2]. The molecule has 220 valence electrons. The molecule has 2 aliphatic rings. The smallest absolute Gasteiger partial charge is 0.657 e. The summed E-state index contributed by atoms with van der Waals surface area (Å²) in [6.07, 6.45) is 4.51. The average molecular weight is 599 g/mol. The number of aryl methyl sites for hydroxylation is 3. The fraction of sp³-hybridized carbons (Fsp3) is 0.257. The van der Waals surface area contributed by atoms with Gasteiger partial charge in [0.2, 0.25) is 0 Å². The zero-order valence-electron chi connectivity index (χ0n) is 25.9. The van der Waals surface area contributed by atoms with Crippen LogP contribution in [0.4, 0.5) is 0 Å². The van der Waals surface area contributed by atoms with Crippen LogP contribution in [-0.2, 0) is 20.7 Å². The minimum absolute atomic E-state index is 0. The third-order valence-corrected chi connectivity index (χ3v) is 8.28. The zero-order chi connectivity index (χ0) is 31.0. The van der Waals surface area contributed by atoms with E-state index < -0.39 is 5.97 Å². The molecule has 8 nitrogen and oxygen atoms in total. The van der Waals surface area contributed by atoms with Crippen LogP contribution in [0, 0.1) is 13.8 Å². The molecule has 8 bridgehead atoms. The summed E-state index contributed by atoms with van der Waals surface area (Å²) in [7, 11) is 1.37. The number of hydrogen-bond donors (Lipinski definition) is 1. The molecule has 5 heterocycles. The average Bonchev–Trinajstić information content (AvgIpc) is 3.63. The molecule has 0 radical (unpaired) electrons. The Bertz CT molecular complexity index is 1940. The topological polar surface area (TPSA) is 118 Å². The minimum Gasteiger partial charge on any atom is -0.657 e. The summed E-state index contributed by atoms with van der Waals surface area (Å²) in [5.74, 6) is -1.19. The number of allylic oxidation sites excluding steroid dienone is 5. The second-order valence-corrected chi connectivity index (χ2v) is 10.8. The van der Waals surface area contributed by atoms with Crippen molar-refractivity contribution in [3.8, 4) is 0 Å². The first-order chi connectivity index (χ1) is 20.6. The Hall–Kier alpha value is -4.21. The second-order valence-electron chi connectivity index (χ2n) is 10.8. The van der Waals surface area contributed by atoms with Gasteiger partial charge in [0.15, 0.2) is 0 Å². The van der Waals surface area contributed by atoms with Crippen molar-refractivity contribution in [3.63, 3.8) is 0 Å².